The van der Waals surface area contributed by atoms with Gasteiger partial charge in [-0.2, -0.15) is 4.98 Å². The van der Waals surface area contributed by atoms with Gasteiger partial charge in [0.05, 0.1) is 12.3 Å². The van der Waals surface area contributed by atoms with Crippen molar-refractivity contribution in [3.8, 4) is 6.01 Å². The Hall–Kier alpha value is -2.02. The van der Waals surface area contributed by atoms with Gasteiger partial charge in [-0.25, -0.2) is 0 Å². The first-order valence-corrected chi connectivity index (χ1v) is 8.80. The van der Waals surface area contributed by atoms with Crippen LogP contribution in [0.3, 0.4) is 0 Å². The van der Waals surface area contributed by atoms with Crippen molar-refractivity contribution in [1.29, 1.82) is 0 Å². The predicted octanol–water partition coefficient (Wildman–Crippen LogP) is 2.21. The number of aromatic nitrogens is 2. The van der Waals surface area contributed by atoms with Gasteiger partial charge in [0.1, 0.15) is 5.69 Å². The Morgan fingerprint density at radius 1 is 1.44 bits per heavy atom. The van der Waals surface area contributed by atoms with Crippen LogP contribution in [-0.4, -0.2) is 59.8 Å². The van der Waals surface area contributed by atoms with Crippen molar-refractivity contribution < 1.29 is 14.6 Å². The number of nitrogens with zero attached hydrogens (tertiary/aromatic N) is 4. The van der Waals surface area contributed by atoms with Crippen LogP contribution in [-0.2, 0) is 11.3 Å². The summed E-state index contributed by atoms with van der Waals surface area (Å²) in [5.74, 6) is 1.06. The summed E-state index contributed by atoms with van der Waals surface area (Å²) in [6, 6.07) is 0.499. The van der Waals surface area contributed by atoms with Gasteiger partial charge in [0.15, 0.2) is 5.82 Å². The molecule has 1 aromatic rings. The van der Waals surface area contributed by atoms with Crippen LogP contribution in [0.25, 0.3) is 5.70 Å². The Morgan fingerprint density at radius 3 is 2.64 bits per heavy atom. The molecule has 1 aromatic heterocycles. The molecule has 142 valence electrons. The molecule has 0 fully saturated rings. The third kappa shape index (κ3) is 5.49. The molecule has 0 unspecified atom stereocenters. The summed E-state index contributed by atoms with van der Waals surface area (Å²) in [5.41, 5.74) is 1.53. The summed E-state index contributed by atoms with van der Waals surface area (Å²) in [4.78, 5) is 19.3. The summed E-state index contributed by atoms with van der Waals surface area (Å²) in [6.07, 6.45) is 2.34. The van der Waals surface area contributed by atoms with Crippen molar-refractivity contribution in [1.82, 2.24) is 14.5 Å². The van der Waals surface area contributed by atoms with Crippen LogP contribution in [0.5, 0.6) is 6.01 Å². The van der Waals surface area contributed by atoms with Gasteiger partial charge in [-0.05, 0) is 25.7 Å². The molecule has 0 aliphatic rings. The summed E-state index contributed by atoms with van der Waals surface area (Å²) in [6.45, 7) is 12.5. The largest absolute Gasteiger partial charge is 0.465 e. The van der Waals surface area contributed by atoms with E-state index in [-0.39, 0.29) is 6.61 Å². The lowest BCUT2D eigenvalue weighted by atomic mass is 10.1. The van der Waals surface area contributed by atoms with Gasteiger partial charge < -0.3 is 19.6 Å². The Morgan fingerprint density at radius 2 is 2.12 bits per heavy atom. The topological polar surface area (TPSA) is 70.8 Å². The van der Waals surface area contributed by atoms with Crippen molar-refractivity contribution in [2.45, 2.75) is 40.2 Å². The molecule has 1 N–H and O–H groups in total. The van der Waals surface area contributed by atoms with Crippen molar-refractivity contribution in [3.05, 3.63) is 12.3 Å². The standard InChI is InChI=1S/C18H32N4O3/c1-7-25-18-19-17(21(6)13-24)16(22(18)11-9-14(2)3)15(4)20(5)10-8-12-23/h13-14,23H,4,7-12H2,1-3,5-6H3. The second kappa shape index (κ2) is 10.1. The zero-order valence-electron chi connectivity index (χ0n) is 16.2. The molecule has 0 aromatic carbocycles. The molecule has 1 rings (SSSR count). The second-order valence-corrected chi connectivity index (χ2v) is 6.50. The van der Waals surface area contributed by atoms with E-state index in [1.807, 2.05) is 23.4 Å². The average molecular weight is 352 g/mol. The Labute approximate surface area is 150 Å². The van der Waals surface area contributed by atoms with Crippen LogP contribution in [0, 0.1) is 5.92 Å². The number of hydrogen-bond donors (Lipinski definition) is 1. The van der Waals surface area contributed by atoms with Crippen LogP contribution in [0.4, 0.5) is 5.82 Å². The molecule has 1 heterocycles. The fourth-order valence-corrected chi connectivity index (χ4v) is 2.46. The molecule has 0 radical (unpaired) electrons. The Balaban J connectivity index is 3.35. The number of aliphatic hydroxyl groups excluding tert-OH is 1. The van der Waals surface area contributed by atoms with Gasteiger partial charge in [-0.15, -0.1) is 0 Å². The third-order valence-electron chi connectivity index (χ3n) is 4.00. The second-order valence-electron chi connectivity index (χ2n) is 6.50. The number of rotatable bonds is 12. The van der Waals surface area contributed by atoms with Crippen LogP contribution >= 0.6 is 0 Å². The van der Waals surface area contributed by atoms with E-state index in [9.17, 15) is 4.79 Å². The van der Waals surface area contributed by atoms with E-state index in [1.165, 1.54) is 4.90 Å². The van der Waals surface area contributed by atoms with Gasteiger partial charge in [0.2, 0.25) is 6.41 Å². The number of ether oxygens (including phenoxy) is 1. The maximum atomic E-state index is 11.3. The number of imidazole rings is 1. The lowest BCUT2D eigenvalue weighted by molar-refractivity contribution is -0.107. The number of carbonyl (C=O) groups excluding carboxylic acids is 1. The molecule has 25 heavy (non-hydrogen) atoms. The number of hydrogen-bond acceptors (Lipinski definition) is 5. The van der Waals surface area contributed by atoms with Gasteiger partial charge in [0, 0.05) is 33.8 Å². The lowest BCUT2D eigenvalue weighted by Gasteiger charge is -2.24. The van der Waals surface area contributed by atoms with Crippen molar-refractivity contribution in [2.24, 2.45) is 5.92 Å². The minimum absolute atomic E-state index is 0.121. The van der Waals surface area contributed by atoms with Gasteiger partial charge >= 0.3 is 0 Å². The van der Waals surface area contributed by atoms with Gasteiger partial charge in [0.25, 0.3) is 6.01 Å². The minimum Gasteiger partial charge on any atom is -0.465 e. The fraction of sp³-hybridized carbons (Fsp3) is 0.667. The average Bonchev–Trinajstić information content (AvgIpc) is 2.94. The Kier molecular flexibility index (Phi) is 8.48. The summed E-state index contributed by atoms with van der Waals surface area (Å²) >= 11 is 0. The van der Waals surface area contributed by atoms with E-state index in [1.54, 1.807) is 7.05 Å². The highest BCUT2D eigenvalue weighted by Crippen LogP contribution is 2.32. The normalized spacial score (nSPS) is 10.8. The summed E-state index contributed by atoms with van der Waals surface area (Å²) in [5, 5.41) is 9.07. The summed E-state index contributed by atoms with van der Waals surface area (Å²) in [7, 11) is 3.59. The van der Waals surface area contributed by atoms with E-state index in [2.05, 4.69) is 25.4 Å². The molecule has 7 heteroatoms. The van der Waals surface area contributed by atoms with Gasteiger partial charge in [-0.3, -0.25) is 9.36 Å². The predicted molar refractivity (Wildman–Crippen MR) is 101 cm³/mol. The molecule has 0 aliphatic heterocycles. The van der Waals surface area contributed by atoms with Crippen LogP contribution in [0.2, 0.25) is 0 Å². The first kappa shape index (κ1) is 21.0. The molecule has 0 saturated carbocycles. The highest BCUT2D eigenvalue weighted by atomic mass is 16.5. The smallest absolute Gasteiger partial charge is 0.298 e. The van der Waals surface area contributed by atoms with E-state index in [4.69, 9.17) is 9.84 Å². The molecule has 0 atom stereocenters. The van der Waals surface area contributed by atoms with Crippen molar-refractivity contribution >= 4 is 17.9 Å². The minimum atomic E-state index is 0.121. The van der Waals surface area contributed by atoms with Crippen molar-refractivity contribution in [2.75, 3.05) is 38.8 Å². The summed E-state index contributed by atoms with van der Waals surface area (Å²) < 4.78 is 7.70. The van der Waals surface area contributed by atoms with E-state index < -0.39 is 0 Å². The Bertz CT molecular complexity index is 569. The van der Waals surface area contributed by atoms with E-state index in [0.29, 0.717) is 37.3 Å². The van der Waals surface area contributed by atoms with Gasteiger partial charge in [-0.1, -0.05) is 20.4 Å². The molecular weight excluding hydrogens is 320 g/mol. The molecule has 7 nitrogen and oxygen atoms in total. The highest BCUT2D eigenvalue weighted by molar-refractivity contribution is 5.80. The van der Waals surface area contributed by atoms with Crippen LogP contribution < -0.4 is 9.64 Å². The molecule has 0 aliphatic carbocycles. The number of aliphatic hydroxyl groups is 1. The maximum absolute atomic E-state index is 11.3. The zero-order chi connectivity index (χ0) is 19.0. The number of carbonyl (C=O) groups is 1. The quantitative estimate of drug-likeness (QED) is 0.584. The molecule has 0 bridgehead atoms. The van der Waals surface area contributed by atoms with E-state index in [0.717, 1.165) is 30.8 Å². The lowest BCUT2D eigenvalue weighted by Crippen LogP contribution is -2.23. The van der Waals surface area contributed by atoms with Crippen molar-refractivity contribution in [3.63, 3.8) is 0 Å². The number of amides is 1. The molecule has 0 saturated heterocycles. The molecule has 1 amide bonds. The number of anilines is 1. The highest BCUT2D eigenvalue weighted by Gasteiger charge is 2.24. The van der Waals surface area contributed by atoms with Crippen LogP contribution in [0.15, 0.2) is 6.58 Å². The van der Waals surface area contributed by atoms with E-state index >= 15 is 0 Å². The van der Waals surface area contributed by atoms with Crippen LogP contribution in [0.1, 0.15) is 39.3 Å². The first-order valence-electron chi connectivity index (χ1n) is 8.80. The first-order chi connectivity index (χ1) is 11.9. The molecular formula is C18H32N4O3. The monoisotopic (exact) mass is 352 g/mol. The molecule has 0 spiro atoms. The third-order valence-corrected chi connectivity index (χ3v) is 4.00. The zero-order valence-corrected chi connectivity index (χ0v) is 16.2. The maximum Gasteiger partial charge on any atom is 0.298 e. The fourth-order valence-electron chi connectivity index (χ4n) is 2.46. The SMILES string of the molecule is C=C(c1c(N(C)C=O)nc(OCC)n1CCC(C)C)N(C)CCCO.